The zero-order valence-corrected chi connectivity index (χ0v) is 19.2. The molecule has 0 unspecified atom stereocenters. The lowest BCUT2D eigenvalue weighted by Gasteiger charge is -2.33. The second-order valence-corrected chi connectivity index (χ2v) is 8.04. The molecular weight excluding hydrogens is 434 g/mol. The molecule has 1 aliphatic heterocycles. The van der Waals surface area contributed by atoms with E-state index in [-0.39, 0.29) is 12.5 Å². The number of hydrogen-bond acceptors (Lipinski definition) is 8. The van der Waals surface area contributed by atoms with Gasteiger partial charge in [-0.25, -0.2) is 9.97 Å². The van der Waals surface area contributed by atoms with Gasteiger partial charge in [0.15, 0.2) is 17.3 Å². The molecule has 1 saturated heterocycles. The van der Waals surface area contributed by atoms with Crippen molar-refractivity contribution >= 4 is 23.4 Å². The Bertz CT molecular complexity index is 1090. The molecule has 1 atom stereocenters. The number of hydrogen-bond donors (Lipinski definition) is 2. The SMILES string of the molecule is CCOc1ccccc1O[C@@H]1CCCN(c2cncc(Nc3ccc(CCC(=O)O)cn3)n2)C1. The highest BCUT2D eigenvalue weighted by Crippen LogP contribution is 2.30. The zero-order chi connectivity index (χ0) is 23.8. The van der Waals surface area contributed by atoms with E-state index in [2.05, 4.69) is 20.2 Å². The second-order valence-electron chi connectivity index (χ2n) is 8.04. The Morgan fingerprint density at radius 3 is 2.76 bits per heavy atom. The lowest BCUT2D eigenvalue weighted by molar-refractivity contribution is -0.136. The number of nitrogens with one attached hydrogen (secondary N) is 1. The molecule has 3 aromatic rings. The molecule has 4 rings (SSSR count). The van der Waals surface area contributed by atoms with Crippen LogP contribution in [0, 0.1) is 0 Å². The summed E-state index contributed by atoms with van der Waals surface area (Å²) in [4.78, 5) is 26.3. The summed E-state index contributed by atoms with van der Waals surface area (Å²) in [6.45, 7) is 4.13. The monoisotopic (exact) mass is 463 g/mol. The van der Waals surface area contributed by atoms with Crippen LogP contribution in [0.15, 0.2) is 55.0 Å². The lowest BCUT2D eigenvalue weighted by atomic mass is 10.1. The molecule has 0 aliphatic carbocycles. The Morgan fingerprint density at radius 2 is 2.00 bits per heavy atom. The van der Waals surface area contributed by atoms with Gasteiger partial charge >= 0.3 is 5.97 Å². The van der Waals surface area contributed by atoms with Gasteiger partial charge in [-0.15, -0.1) is 0 Å². The van der Waals surface area contributed by atoms with Crippen molar-refractivity contribution in [3.63, 3.8) is 0 Å². The Kier molecular flexibility index (Phi) is 7.75. The molecule has 0 spiro atoms. The molecule has 9 nitrogen and oxygen atoms in total. The van der Waals surface area contributed by atoms with Crippen LogP contribution in [-0.2, 0) is 11.2 Å². The predicted octanol–water partition coefficient (Wildman–Crippen LogP) is 4.08. The molecule has 34 heavy (non-hydrogen) atoms. The summed E-state index contributed by atoms with van der Waals surface area (Å²) < 4.78 is 12.0. The summed E-state index contributed by atoms with van der Waals surface area (Å²) in [5.41, 5.74) is 0.873. The quantitative estimate of drug-likeness (QED) is 0.459. The number of anilines is 3. The summed E-state index contributed by atoms with van der Waals surface area (Å²) in [5, 5.41) is 12.0. The van der Waals surface area contributed by atoms with Crippen LogP contribution in [0.3, 0.4) is 0 Å². The second kappa shape index (κ2) is 11.3. The number of para-hydroxylation sites is 2. The number of nitrogens with zero attached hydrogens (tertiary/aromatic N) is 4. The molecule has 0 amide bonds. The third-order valence-electron chi connectivity index (χ3n) is 5.48. The van der Waals surface area contributed by atoms with Crippen LogP contribution in [-0.4, -0.2) is 51.8 Å². The van der Waals surface area contributed by atoms with Crippen molar-refractivity contribution < 1.29 is 19.4 Å². The minimum atomic E-state index is -0.821. The van der Waals surface area contributed by atoms with Crippen LogP contribution in [0.5, 0.6) is 11.5 Å². The number of rotatable bonds is 10. The van der Waals surface area contributed by atoms with Crippen molar-refractivity contribution in [2.45, 2.75) is 38.7 Å². The van der Waals surface area contributed by atoms with Gasteiger partial charge in [-0.1, -0.05) is 18.2 Å². The van der Waals surface area contributed by atoms with E-state index in [1.165, 1.54) is 0 Å². The molecular formula is C25H29N5O4. The van der Waals surface area contributed by atoms with E-state index in [0.29, 0.717) is 31.2 Å². The minimum absolute atomic E-state index is 0.0220. The molecule has 3 heterocycles. The number of ether oxygens (including phenoxy) is 2. The summed E-state index contributed by atoms with van der Waals surface area (Å²) in [5.74, 6) is 2.68. The van der Waals surface area contributed by atoms with E-state index in [1.807, 2.05) is 43.3 Å². The average Bonchev–Trinajstić information content (AvgIpc) is 2.85. The predicted molar refractivity (Wildman–Crippen MR) is 129 cm³/mol. The lowest BCUT2D eigenvalue weighted by Crippen LogP contribution is -2.41. The van der Waals surface area contributed by atoms with Crippen molar-refractivity contribution in [1.82, 2.24) is 15.0 Å². The summed E-state index contributed by atoms with van der Waals surface area (Å²) in [7, 11) is 0. The van der Waals surface area contributed by atoms with E-state index in [9.17, 15) is 4.79 Å². The first kappa shape index (κ1) is 23.3. The Balaban J connectivity index is 1.39. The van der Waals surface area contributed by atoms with Crippen LogP contribution >= 0.6 is 0 Å². The van der Waals surface area contributed by atoms with Gasteiger partial charge in [-0.2, -0.15) is 0 Å². The van der Waals surface area contributed by atoms with Gasteiger partial charge in [0, 0.05) is 19.2 Å². The number of aryl methyl sites for hydroxylation is 1. The first-order valence-corrected chi connectivity index (χ1v) is 11.5. The molecule has 2 N–H and O–H groups in total. The maximum Gasteiger partial charge on any atom is 0.303 e. The fourth-order valence-corrected chi connectivity index (χ4v) is 3.84. The third kappa shape index (κ3) is 6.34. The number of carboxylic acids is 1. The number of aromatic nitrogens is 3. The van der Waals surface area contributed by atoms with Crippen LogP contribution in [0.25, 0.3) is 0 Å². The van der Waals surface area contributed by atoms with Crippen LogP contribution in [0.1, 0.15) is 31.7 Å². The summed E-state index contributed by atoms with van der Waals surface area (Å²) >= 11 is 0. The highest BCUT2D eigenvalue weighted by Gasteiger charge is 2.24. The number of benzene rings is 1. The van der Waals surface area contributed by atoms with Gasteiger partial charge in [0.2, 0.25) is 0 Å². The number of piperidine rings is 1. The topological polar surface area (TPSA) is 110 Å². The number of pyridine rings is 1. The molecule has 2 aromatic heterocycles. The molecule has 0 bridgehead atoms. The van der Waals surface area contributed by atoms with E-state index in [1.54, 1.807) is 18.6 Å². The zero-order valence-electron chi connectivity index (χ0n) is 19.2. The number of carbonyl (C=O) groups is 1. The van der Waals surface area contributed by atoms with E-state index >= 15 is 0 Å². The Labute approximate surface area is 198 Å². The molecule has 1 fully saturated rings. The van der Waals surface area contributed by atoms with E-state index in [0.717, 1.165) is 42.3 Å². The maximum absolute atomic E-state index is 10.7. The fraction of sp³-hybridized carbons (Fsp3) is 0.360. The normalized spacial score (nSPS) is 15.6. The van der Waals surface area contributed by atoms with Gasteiger partial charge in [0.25, 0.3) is 0 Å². The maximum atomic E-state index is 10.7. The van der Waals surface area contributed by atoms with Crippen LogP contribution in [0.4, 0.5) is 17.5 Å². The van der Waals surface area contributed by atoms with Gasteiger partial charge in [0.05, 0.1) is 25.5 Å². The van der Waals surface area contributed by atoms with Crippen molar-refractivity contribution in [2.24, 2.45) is 0 Å². The third-order valence-corrected chi connectivity index (χ3v) is 5.48. The standard InChI is InChI=1S/C25H29N5O4/c1-2-33-20-7-3-4-8-21(20)34-19-6-5-13-30(17-19)24-16-26-15-23(29-24)28-22-11-9-18(14-27-22)10-12-25(31)32/h3-4,7-9,11,14-16,19H,2,5-6,10,12-13,17H2,1H3,(H,31,32)(H,27,28,29)/t19-/m1/s1. The minimum Gasteiger partial charge on any atom is -0.490 e. The molecule has 1 aromatic carbocycles. The Hall–Kier alpha value is -3.88. The highest BCUT2D eigenvalue weighted by atomic mass is 16.5. The molecule has 0 saturated carbocycles. The molecule has 1 aliphatic rings. The Morgan fingerprint density at radius 1 is 1.15 bits per heavy atom. The fourth-order valence-electron chi connectivity index (χ4n) is 3.84. The van der Waals surface area contributed by atoms with Gasteiger partial charge in [0.1, 0.15) is 17.7 Å². The molecule has 178 valence electrons. The van der Waals surface area contributed by atoms with Gasteiger partial charge in [-0.3, -0.25) is 9.78 Å². The van der Waals surface area contributed by atoms with Crippen LogP contribution in [0.2, 0.25) is 0 Å². The van der Waals surface area contributed by atoms with Crippen molar-refractivity contribution in [3.8, 4) is 11.5 Å². The highest BCUT2D eigenvalue weighted by molar-refractivity contribution is 5.67. The van der Waals surface area contributed by atoms with E-state index in [4.69, 9.17) is 19.6 Å². The largest absolute Gasteiger partial charge is 0.490 e. The van der Waals surface area contributed by atoms with Crippen LogP contribution < -0.4 is 19.7 Å². The van der Waals surface area contributed by atoms with Crippen molar-refractivity contribution in [3.05, 3.63) is 60.6 Å². The first-order valence-electron chi connectivity index (χ1n) is 11.5. The van der Waals surface area contributed by atoms with Crippen molar-refractivity contribution in [2.75, 3.05) is 29.9 Å². The first-order chi connectivity index (χ1) is 16.6. The smallest absolute Gasteiger partial charge is 0.303 e. The summed E-state index contributed by atoms with van der Waals surface area (Å²) in [6, 6.07) is 11.4. The van der Waals surface area contributed by atoms with Gasteiger partial charge < -0.3 is 24.8 Å². The van der Waals surface area contributed by atoms with Gasteiger partial charge in [-0.05, 0) is 49.9 Å². The van der Waals surface area contributed by atoms with E-state index < -0.39 is 5.97 Å². The molecule has 9 heteroatoms. The summed E-state index contributed by atoms with van der Waals surface area (Å²) in [6.07, 6.45) is 7.58. The average molecular weight is 464 g/mol. The number of aliphatic carboxylic acids is 1. The molecule has 0 radical (unpaired) electrons. The van der Waals surface area contributed by atoms with Crippen molar-refractivity contribution in [1.29, 1.82) is 0 Å². The number of carboxylic acid groups (broad SMARTS) is 1.